The molecule has 2 aromatic rings. The summed E-state index contributed by atoms with van der Waals surface area (Å²) in [5.74, 6) is 0.365. The molecule has 0 unspecified atom stereocenters. The van der Waals surface area contributed by atoms with Crippen LogP contribution in [0.4, 0.5) is 17.2 Å². The van der Waals surface area contributed by atoms with E-state index in [2.05, 4.69) is 24.9 Å². The Bertz CT molecular complexity index is 879. The molecule has 132 valence electrons. The highest BCUT2D eigenvalue weighted by Crippen LogP contribution is 2.19. The predicted molar refractivity (Wildman–Crippen MR) is 96.3 cm³/mol. The van der Waals surface area contributed by atoms with Crippen LogP contribution in [-0.4, -0.2) is 43.6 Å². The second-order valence-electron chi connectivity index (χ2n) is 5.86. The van der Waals surface area contributed by atoms with Crippen LogP contribution in [0, 0.1) is 0 Å². The largest absolute Gasteiger partial charge is 0.357 e. The van der Waals surface area contributed by atoms with Crippen molar-refractivity contribution in [2.24, 2.45) is 0 Å². The van der Waals surface area contributed by atoms with Gasteiger partial charge in [-0.3, -0.25) is 9.52 Å². The maximum Gasteiger partial charge on any atom is 0.274 e. The van der Waals surface area contributed by atoms with E-state index in [0.717, 1.165) is 38.0 Å². The van der Waals surface area contributed by atoms with E-state index in [1.165, 1.54) is 6.33 Å². The summed E-state index contributed by atoms with van der Waals surface area (Å²) >= 11 is 0. The van der Waals surface area contributed by atoms with Gasteiger partial charge < -0.3 is 10.2 Å². The fourth-order valence-corrected chi connectivity index (χ4v) is 3.22. The molecular formula is C16H19N5O3S. The van der Waals surface area contributed by atoms with E-state index in [4.69, 9.17) is 0 Å². The first-order valence-corrected chi connectivity index (χ1v) is 9.76. The third-order valence-electron chi connectivity index (χ3n) is 3.74. The molecule has 25 heavy (non-hydrogen) atoms. The van der Waals surface area contributed by atoms with Crippen LogP contribution in [0.1, 0.15) is 23.3 Å². The van der Waals surface area contributed by atoms with Crippen LogP contribution in [-0.2, 0) is 10.0 Å². The van der Waals surface area contributed by atoms with Gasteiger partial charge in [0.05, 0.1) is 11.9 Å². The van der Waals surface area contributed by atoms with Gasteiger partial charge in [0.2, 0.25) is 10.0 Å². The second-order valence-corrected chi connectivity index (χ2v) is 7.61. The molecular weight excluding hydrogens is 342 g/mol. The lowest BCUT2D eigenvalue weighted by atomic mass is 10.2. The van der Waals surface area contributed by atoms with E-state index >= 15 is 0 Å². The summed E-state index contributed by atoms with van der Waals surface area (Å²) in [5.41, 5.74) is 1.11. The number of hydrogen-bond donors (Lipinski definition) is 2. The summed E-state index contributed by atoms with van der Waals surface area (Å²) in [7, 11) is -3.38. The van der Waals surface area contributed by atoms with Gasteiger partial charge in [-0.2, -0.15) is 0 Å². The lowest BCUT2D eigenvalue weighted by molar-refractivity contribution is 0.102. The van der Waals surface area contributed by atoms with Crippen LogP contribution in [0.2, 0.25) is 0 Å². The summed E-state index contributed by atoms with van der Waals surface area (Å²) in [6.07, 6.45) is 4.68. The Kier molecular flexibility index (Phi) is 4.84. The van der Waals surface area contributed by atoms with Crippen molar-refractivity contribution in [3.05, 3.63) is 42.4 Å². The molecule has 0 spiro atoms. The van der Waals surface area contributed by atoms with E-state index in [1.54, 1.807) is 30.3 Å². The third-order valence-corrected chi connectivity index (χ3v) is 4.35. The van der Waals surface area contributed by atoms with Gasteiger partial charge in [-0.1, -0.05) is 6.07 Å². The highest BCUT2D eigenvalue weighted by atomic mass is 32.2. The molecule has 1 aromatic heterocycles. The van der Waals surface area contributed by atoms with E-state index < -0.39 is 10.0 Å². The molecule has 1 aliphatic heterocycles. The molecule has 1 fully saturated rings. The first-order chi connectivity index (χ1) is 11.9. The average molecular weight is 361 g/mol. The second kappa shape index (κ2) is 7.06. The molecule has 9 heteroatoms. The van der Waals surface area contributed by atoms with Crippen LogP contribution < -0.4 is 14.9 Å². The number of aromatic nitrogens is 2. The summed E-state index contributed by atoms with van der Waals surface area (Å²) < 4.78 is 25.0. The number of amides is 1. The normalized spacial score (nSPS) is 14.4. The lowest BCUT2D eigenvalue weighted by Crippen LogP contribution is -2.21. The molecule has 2 N–H and O–H groups in total. The lowest BCUT2D eigenvalue weighted by Gasteiger charge is -2.16. The number of carbonyl (C=O) groups excluding carboxylic acids is 1. The minimum Gasteiger partial charge on any atom is -0.357 e. The molecule has 0 atom stereocenters. The van der Waals surface area contributed by atoms with Gasteiger partial charge in [0.25, 0.3) is 5.91 Å². The standard InChI is InChI=1S/C16H19N5O3S/c1-25(23,24)20-13-6-4-5-12(9-13)19-16(22)14-10-15(18-11-17-14)21-7-2-3-8-21/h4-6,9-11,20H,2-3,7-8H2,1H3,(H,19,22). The smallest absolute Gasteiger partial charge is 0.274 e. The summed E-state index contributed by atoms with van der Waals surface area (Å²) in [4.78, 5) is 22.8. The Morgan fingerprint density at radius 1 is 1.12 bits per heavy atom. The molecule has 1 amide bonds. The van der Waals surface area contributed by atoms with Crippen molar-refractivity contribution in [1.82, 2.24) is 9.97 Å². The van der Waals surface area contributed by atoms with Gasteiger partial charge in [-0.15, -0.1) is 0 Å². The van der Waals surface area contributed by atoms with Gasteiger partial charge in [0, 0.05) is 24.8 Å². The Labute approximate surface area is 146 Å². The third kappa shape index (κ3) is 4.66. The summed E-state index contributed by atoms with van der Waals surface area (Å²) in [5, 5.41) is 2.72. The van der Waals surface area contributed by atoms with E-state index in [-0.39, 0.29) is 11.6 Å². The van der Waals surface area contributed by atoms with E-state index in [0.29, 0.717) is 11.4 Å². The monoisotopic (exact) mass is 361 g/mol. The average Bonchev–Trinajstić information content (AvgIpc) is 3.08. The van der Waals surface area contributed by atoms with Crippen LogP contribution in [0.3, 0.4) is 0 Å². The molecule has 1 saturated heterocycles. The SMILES string of the molecule is CS(=O)(=O)Nc1cccc(NC(=O)c2cc(N3CCCC3)ncn2)c1. The highest BCUT2D eigenvalue weighted by molar-refractivity contribution is 7.92. The number of carbonyl (C=O) groups is 1. The minimum absolute atomic E-state index is 0.262. The molecule has 0 saturated carbocycles. The molecule has 0 bridgehead atoms. The van der Waals surface area contributed by atoms with Crippen LogP contribution in [0.5, 0.6) is 0 Å². The molecule has 3 rings (SSSR count). The predicted octanol–water partition coefficient (Wildman–Crippen LogP) is 1.70. The quantitative estimate of drug-likeness (QED) is 0.840. The molecule has 1 aliphatic rings. The number of rotatable bonds is 5. The summed E-state index contributed by atoms with van der Waals surface area (Å²) in [6.45, 7) is 1.86. The Morgan fingerprint density at radius 3 is 2.56 bits per heavy atom. The summed E-state index contributed by atoms with van der Waals surface area (Å²) in [6, 6.07) is 8.14. The Morgan fingerprint density at radius 2 is 1.84 bits per heavy atom. The van der Waals surface area contributed by atoms with Crippen molar-refractivity contribution in [2.75, 3.05) is 34.3 Å². The van der Waals surface area contributed by atoms with Crippen LogP contribution in [0.25, 0.3) is 0 Å². The number of nitrogens with zero attached hydrogens (tertiary/aromatic N) is 3. The zero-order chi connectivity index (χ0) is 17.9. The molecule has 8 nitrogen and oxygen atoms in total. The van der Waals surface area contributed by atoms with Crippen LogP contribution >= 0.6 is 0 Å². The maximum atomic E-state index is 12.4. The first-order valence-electron chi connectivity index (χ1n) is 7.87. The number of anilines is 3. The van der Waals surface area contributed by atoms with Crippen molar-refractivity contribution >= 4 is 33.1 Å². The van der Waals surface area contributed by atoms with E-state index in [9.17, 15) is 13.2 Å². The van der Waals surface area contributed by atoms with Crippen molar-refractivity contribution < 1.29 is 13.2 Å². The highest BCUT2D eigenvalue weighted by Gasteiger charge is 2.16. The first kappa shape index (κ1) is 17.2. The van der Waals surface area contributed by atoms with Gasteiger partial charge in [0.1, 0.15) is 17.8 Å². The van der Waals surface area contributed by atoms with Crippen molar-refractivity contribution in [1.29, 1.82) is 0 Å². The fraction of sp³-hybridized carbons (Fsp3) is 0.312. The molecule has 0 aliphatic carbocycles. The Hall–Kier alpha value is -2.68. The van der Waals surface area contributed by atoms with Gasteiger partial charge in [-0.25, -0.2) is 18.4 Å². The molecule has 2 heterocycles. The topological polar surface area (TPSA) is 104 Å². The van der Waals surface area contributed by atoms with Crippen molar-refractivity contribution in [2.45, 2.75) is 12.8 Å². The van der Waals surface area contributed by atoms with Crippen molar-refractivity contribution in [3.8, 4) is 0 Å². The molecule has 0 radical (unpaired) electrons. The van der Waals surface area contributed by atoms with Crippen LogP contribution in [0.15, 0.2) is 36.7 Å². The minimum atomic E-state index is -3.38. The van der Waals surface area contributed by atoms with Gasteiger partial charge in [-0.05, 0) is 31.0 Å². The number of sulfonamides is 1. The molecule has 1 aromatic carbocycles. The van der Waals surface area contributed by atoms with Gasteiger partial charge >= 0.3 is 0 Å². The zero-order valence-electron chi connectivity index (χ0n) is 13.8. The number of benzene rings is 1. The maximum absolute atomic E-state index is 12.4. The van der Waals surface area contributed by atoms with Crippen molar-refractivity contribution in [3.63, 3.8) is 0 Å². The van der Waals surface area contributed by atoms with E-state index in [1.807, 2.05) is 0 Å². The Balaban J connectivity index is 1.74. The van der Waals surface area contributed by atoms with Gasteiger partial charge in [0.15, 0.2) is 0 Å². The zero-order valence-corrected chi connectivity index (χ0v) is 14.6. The number of nitrogens with one attached hydrogen (secondary N) is 2. The number of hydrogen-bond acceptors (Lipinski definition) is 6. The fourth-order valence-electron chi connectivity index (χ4n) is 2.66.